The molecule has 0 spiro atoms. The molecule has 0 rings (SSSR count). The molecule has 0 bridgehead atoms. The highest BCUT2D eigenvalue weighted by atomic mass is 16.5. The average molecular weight is 274 g/mol. The van der Waals surface area contributed by atoms with E-state index in [9.17, 15) is 5.11 Å². The Balaban J connectivity index is 5.05. The zero-order valence-electron chi connectivity index (χ0n) is 13.6. The van der Waals surface area contributed by atoms with Crippen LogP contribution in [0.4, 0.5) is 0 Å². The normalized spacial score (nSPS) is 16.1. The lowest BCUT2D eigenvalue weighted by Gasteiger charge is -2.43. The van der Waals surface area contributed by atoms with Gasteiger partial charge in [-0.2, -0.15) is 0 Å². The summed E-state index contributed by atoms with van der Waals surface area (Å²) in [5, 5.41) is 9.81. The van der Waals surface area contributed by atoms with E-state index in [1.165, 1.54) is 0 Å². The van der Waals surface area contributed by atoms with Crippen LogP contribution in [-0.4, -0.2) is 55.0 Å². The molecule has 0 aromatic heterocycles. The Bertz CT molecular complexity index is 225. The van der Waals surface area contributed by atoms with Gasteiger partial charge in [-0.15, -0.1) is 0 Å². The standard InChI is InChI=1S/C15H34N2O2/c1-7-12(8-2)17(9-10-19-6)13(11-18)14(16)15(3,4)5/h12-14,18H,7-11,16H2,1-6H3. The van der Waals surface area contributed by atoms with E-state index in [2.05, 4.69) is 39.5 Å². The second-order valence-electron chi connectivity index (χ2n) is 6.34. The number of hydrogen-bond acceptors (Lipinski definition) is 4. The Morgan fingerprint density at radius 2 is 1.74 bits per heavy atom. The molecule has 0 aromatic rings. The Labute approximate surface area is 119 Å². The highest BCUT2D eigenvalue weighted by molar-refractivity contribution is 4.91. The lowest BCUT2D eigenvalue weighted by atomic mass is 9.82. The van der Waals surface area contributed by atoms with Gasteiger partial charge in [0.2, 0.25) is 0 Å². The molecule has 4 nitrogen and oxygen atoms in total. The first kappa shape index (κ1) is 18.8. The third kappa shape index (κ3) is 5.78. The van der Waals surface area contributed by atoms with E-state index in [1.54, 1.807) is 7.11 Å². The fraction of sp³-hybridized carbons (Fsp3) is 1.00. The summed E-state index contributed by atoms with van der Waals surface area (Å²) in [7, 11) is 1.71. The smallest absolute Gasteiger partial charge is 0.0602 e. The second-order valence-corrected chi connectivity index (χ2v) is 6.34. The largest absolute Gasteiger partial charge is 0.395 e. The van der Waals surface area contributed by atoms with Crippen LogP contribution in [0.5, 0.6) is 0 Å². The van der Waals surface area contributed by atoms with Gasteiger partial charge in [0.15, 0.2) is 0 Å². The van der Waals surface area contributed by atoms with Gasteiger partial charge in [0, 0.05) is 31.8 Å². The van der Waals surface area contributed by atoms with E-state index in [1.807, 2.05) is 0 Å². The monoisotopic (exact) mass is 274 g/mol. The van der Waals surface area contributed by atoms with Gasteiger partial charge >= 0.3 is 0 Å². The molecule has 0 aliphatic rings. The summed E-state index contributed by atoms with van der Waals surface area (Å²) >= 11 is 0. The zero-order chi connectivity index (χ0) is 15.1. The molecule has 0 amide bonds. The van der Waals surface area contributed by atoms with Crippen LogP contribution in [0.25, 0.3) is 0 Å². The topological polar surface area (TPSA) is 58.7 Å². The predicted octanol–water partition coefficient (Wildman–Crippen LogP) is 1.86. The molecule has 3 N–H and O–H groups in total. The number of ether oxygens (including phenoxy) is 1. The van der Waals surface area contributed by atoms with Crippen molar-refractivity contribution in [2.45, 2.75) is 65.6 Å². The Hall–Kier alpha value is -0.160. The van der Waals surface area contributed by atoms with Crippen molar-refractivity contribution in [1.29, 1.82) is 0 Å². The van der Waals surface area contributed by atoms with Crippen molar-refractivity contribution in [3.63, 3.8) is 0 Å². The van der Waals surface area contributed by atoms with Gasteiger partial charge in [-0.05, 0) is 18.3 Å². The highest BCUT2D eigenvalue weighted by Crippen LogP contribution is 2.25. The van der Waals surface area contributed by atoms with Crippen molar-refractivity contribution in [3.05, 3.63) is 0 Å². The first-order chi connectivity index (χ1) is 8.83. The Morgan fingerprint density at radius 1 is 1.21 bits per heavy atom. The molecule has 19 heavy (non-hydrogen) atoms. The van der Waals surface area contributed by atoms with Crippen molar-refractivity contribution in [1.82, 2.24) is 4.90 Å². The molecule has 2 unspecified atom stereocenters. The summed E-state index contributed by atoms with van der Waals surface area (Å²) in [4.78, 5) is 2.33. The quantitative estimate of drug-likeness (QED) is 0.674. The predicted molar refractivity (Wildman–Crippen MR) is 81.3 cm³/mol. The van der Waals surface area contributed by atoms with Gasteiger partial charge < -0.3 is 15.6 Å². The van der Waals surface area contributed by atoms with Gasteiger partial charge in [0.1, 0.15) is 0 Å². The first-order valence-corrected chi connectivity index (χ1v) is 7.44. The van der Waals surface area contributed by atoms with Crippen LogP contribution in [-0.2, 0) is 4.74 Å². The summed E-state index contributed by atoms with van der Waals surface area (Å²) in [6.07, 6.45) is 2.13. The van der Waals surface area contributed by atoms with Gasteiger partial charge in [-0.1, -0.05) is 34.6 Å². The maximum atomic E-state index is 9.81. The minimum atomic E-state index is -0.0602. The van der Waals surface area contributed by atoms with Crippen LogP contribution < -0.4 is 5.73 Å². The van der Waals surface area contributed by atoms with Crippen LogP contribution in [0.1, 0.15) is 47.5 Å². The van der Waals surface area contributed by atoms with E-state index in [0.29, 0.717) is 12.6 Å². The van der Waals surface area contributed by atoms with Crippen LogP contribution in [0.3, 0.4) is 0 Å². The fourth-order valence-corrected chi connectivity index (χ4v) is 2.58. The molecule has 4 heteroatoms. The summed E-state index contributed by atoms with van der Waals surface area (Å²) < 4.78 is 5.21. The maximum absolute atomic E-state index is 9.81. The van der Waals surface area contributed by atoms with Crippen molar-refractivity contribution < 1.29 is 9.84 Å². The minimum absolute atomic E-state index is 0.0138. The summed E-state index contributed by atoms with van der Waals surface area (Å²) in [5.41, 5.74) is 6.36. The third-order valence-corrected chi connectivity index (χ3v) is 3.99. The molecule has 0 saturated heterocycles. The van der Waals surface area contributed by atoms with E-state index >= 15 is 0 Å². The summed E-state index contributed by atoms with van der Waals surface area (Å²) in [5.74, 6) is 0. The Kier molecular flexibility index (Phi) is 8.83. The molecule has 0 aliphatic heterocycles. The van der Waals surface area contributed by atoms with Crippen LogP contribution in [0, 0.1) is 5.41 Å². The van der Waals surface area contributed by atoms with Crippen LogP contribution >= 0.6 is 0 Å². The number of methoxy groups -OCH3 is 1. The summed E-state index contributed by atoms with van der Waals surface area (Å²) in [6, 6.07) is 0.371. The van der Waals surface area contributed by atoms with E-state index in [-0.39, 0.29) is 24.1 Å². The molecule has 0 radical (unpaired) electrons. The SMILES string of the molecule is CCC(CC)N(CCOC)C(CO)C(N)C(C)(C)C. The molecular weight excluding hydrogens is 240 g/mol. The summed E-state index contributed by atoms with van der Waals surface area (Å²) in [6.45, 7) is 12.3. The minimum Gasteiger partial charge on any atom is -0.395 e. The van der Waals surface area contributed by atoms with Crippen molar-refractivity contribution in [3.8, 4) is 0 Å². The second kappa shape index (κ2) is 8.90. The van der Waals surface area contributed by atoms with Gasteiger partial charge in [-0.25, -0.2) is 0 Å². The average Bonchev–Trinajstić information content (AvgIpc) is 2.35. The van der Waals surface area contributed by atoms with E-state index in [4.69, 9.17) is 10.5 Å². The number of aliphatic hydroxyl groups excluding tert-OH is 1. The van der Waals surface area contributed by atoms with Gasteiger partial charge in [0.05, 0.1) is 13.2 Å². The molecule has 0 fully saturated rings. The number of nitrogens with zero attached hydrogens (tertiary/aromatic N) is 1. The maximum Gasteiger partial charge on any atom is 0.0602 e. The highest BCUT2D eigenvalue weighted by Gasteiger charge is 2.34. The first-order valence-electron chi connectivity index (χ1n) is 7.44. The fourth-order valence-electron chi connectivity index (χ4n) is 2.58. The zero-order valence-corrected chi connectivity index (χ0v) is 13.6. The third-order valence-electron chi connectivity index (χ3n) is 3.99. The molecule has 2 atom stereocenters. The van der Waals surface area contributed by atoms with Crippen LogP contribution in [0.2, 0.25) is 0 Å². The Morgan fingerprint density at radius 3 is 2.05 bits per heavy atom. The lowest BCUT2D eigenvalue weighted by Crippen LogP contribution is -2.58. The van der Waals surface area contributed by atoms with Gasteiger partial charge in [-0.3, -0.25) is 4.90 Å². The van der Waals surface area contributed by atoms with Crippen molar-refractivity contribution in [2.24, 2.45) is 11.1 Å². The molecule has 0 heterocycles. The number of hydrogen-bond donors (Lipinski definition) is 2. The molecule has 0 saturated carbocycles. The molecule has 0 aromatic carbocycles. The molecule has 116 valence electrons. The van der Waals surface area contributed by atoms with Crippen molar-refractivity contribution >= 4 is 0 Å². The van der Waals surface area contributed by atoms with E-state index < -0.39 is 0 Å². The molecule has 0 aliphatic carbocycles. The number of nitrogens with two attached hydrogens (primary N) is 1. The molecular formula is C15H34N2O2. The number of rotatable bonds is 9. The number of aliphatic hydroxyl groups is 1. The van der Waals surface area contributed by atoms with Crippen LogP contribution in [0.15, 0.2) is 0 Å². The van der Waals surface area contributed by atoms with Gasteiger partial charge in [0.25, 0.3) is 0 Å². The van der Waals surface area contributed by atoms with E-state index in [0.717, 1.165) is 19.4 Å². The van der Waals surface area contributed by atoms with Crippen molar-refractivity contribution in [2.75, 3.05) is 26.9 Å². The lowest BCUT2D eigenvalue weighted by molar-refractivity contribution is 0.0196.